The number of benzene rings is 1. The minimum atomic E-state index is -0.0593. The summed E-state index contributed by atoms with van der Waals surface area (Å²) in [4.78, 5) is 16.3. The van der Waals surface area contributed by atoms with Crippen LogP contribution in [-0.2, 0) is 13.0 Å². The van der Waals surface area contributed by atoms with Crippen LogP contribution < -0.4 is 15.4 Å². The molecule has 1 unspecified atom stereocenters. The molecule has 2 heterocycles. The molecule has 1 aromatic heterocycles. The Bertz CT molecular complexity index is 654. The van der Waals surface area contributed by atoms with Crippen LogP contribution in [0.15, 0.2) is 28.8 Å². The molecule has 7 nitrogen and oxygen atoms in total. The molecule has 0 spiro atoms. The molecule has 0 bridgehead atoms. The average Bonchev–Trinajstić information content (AvgIpc) is 3.24. The van der Waals surface area contributed by atoms with E-state index < -0.39 is 0 Å². The van der Waals surface area contributed by atoms with Gasteiger partial charge in [-0.15, -0.1) is 12.4 Å². The summed E-state index contributed by atoms with van der Waals surface area (Å²) in [5, 5.41) is 10.1. The summed E-state index contributed by atoms with van der Waals surface area (Å²) < 4.78 is 10.6. The van der Waals surface area contributed by atoms with Gasteiger partial charge in [0.25, 0.3) is 5.91 Å². The second-order valence-electron chi connectivity index (χ2n) is 5.43. The molecule has 2 N–H and O–H groups in total. The Balaban J connectivity index is 0.00000208. The summed E-state index contributed by atoms with van der Waals surface area (Å²) in [6.07, 6.45) is 1.67. The molecule has 1 fully saturated rings. The third-order valence-electron chi connectivity index (χ3n) is 3.69. The lowest BCUT2D eigenvalue weighted by Gasteiger charge is -2.11. The van der Waals surface area contributed by atoms with Crippen molar-refractivity contribution >= 4 is 18.3 Å². The van der Waals surface area contributed by atoms with E-state index in [-0.39, 0.29) is 31.0 Å². The molecule has 1 aliphatic heterocycles. The van der Waals surface area contributed by atoms with Crippen LogP contribution in [0.1, 0.15) is 35.4 Å². The van der Waals surface area contributed by atoms with Crippen molar-refractivity contribution in [3.8, 4) is 5.75 Å². The van der Waals surface area contributed by atoms with Crippen LogP contribution in [0.2, 0.25) is 0 Å². The van der Waals surface area contributed by atoms with Gasteiger partial charge in [0.15, 0.2) is 6.61 Å². The zero-order valence-electron chi connectivity index (χ0n) is 13.4. The summed E-state index contributed by atoms with van der Waals surface area (Å²) in [5.41, 5.74) is 0.622. The molecule has 3 rings (SSSR count). The fraction of sp³-hybridized carbons (Fsp3) is 0.438. The lowest BCUT2D eigenvalue weighted by atomic mass is 10.2. The second kappa shape index (κ2) is 8.65. The Hall–Kier alpha value is -2.12. The fourth-order valence-corrected chi connectivity index (χ4v) is 2.39. The van der Waals surface area contributed by atoms with E-state index in [4.69, 9.17) is 9.26 Å². The number of nitrogens with zero attached hydrogens (tertiary/aromatic N) is 2. The van der Waals surface area contributed by atoms with Crippen molar-refractivity contribution in [3.63, 3.8) is 0 Å². The van der Waals surface area contributed by atoms with Gasteiger partial charge in [0.05, 0.1) is 0 Å². The third-order valence-corrected chi connectivity index (χ3v) is 3.69. The molecular formula is C16H21ClN4O3. The Morgan fingerprint density at radius 2 is 2.21 bits per heavy atom. The van der Waals surface area contributed by atoms with E-state index in [2.05, 4.69) is 20.8 Å². The molecule has 2 aromatic rings. The standard InChI is InChI=1S/C16H20N4O3.ClH/c1-2-15-19-14(20-23-15)10-22-13-5-3-11(4-6-13)16(21)18-12-7-8-17-9-12;/h3-6,12,17H,2,7-10H2,1H3,(H,18,21);1H. The summed E-state index contributed by atoms with van der Waals surface area (Å²) >= 11 is 0. The Morgan fingerprint density at radius 3 is 2.83 bits per heavy atom. The van der Waals surface area contributed by atoms with E-state index in [0.29, 0.717) is 29.4 Å². The minimum absolute atomic E-state index is 0. The maximum absolute atomic E-state index is 12.1. The topological polar surface area (TPSA) is 89.3 Å². The van der Waals surface area contributed by atoms with Crippen LogP contribution in [0.5, 0.6) is 5.75 Å². The number of aryl methyl sites for hydroxylation is 1. The number of rotatable bonds is 6. The Morgan fingerprint density at radius 1 is 1.42 bits per heavy atom. The number of carbonyl (C=O) groups is 1. The van der Waals surface area contributed by atoms with E-state index in [9.17, 15) is 4.79 Å². The van der Waals surface area contributed by atoms with Crippen LogP contribution in [0.4, 0.5) is 0 Å². The van der Waals surface area contributed by atoms with Gasteiger partial charge in [-0.25, -0.2) is 0 Å². The van der Waals surface area contributed by atoms with E-state index in [1.807, 2.05) is 6.92 Å². The largest absolute Gasteiger partial charge is 0.485 e. The number of amides is 1. The first-order valence-electron chi connectivity index (χ1n) is 7.80. The molecule has 1 saturated heterocycles. The predicted molar refractivity (Wildman–Crippen MR) is 90.4 cm³/mol. The summed E-state index contributed by atoms with van der Waals surface area (Å²) in [7, 11) is 0. The lowest BCUT2D eigenvalue weighted by Crippen LogP contribution is -2.36. The molecule has 0 aliphatic carbocycles. The first-order valence-corrected chi connectivity index (χ1v) is 7.80. The Kier molecular flexibility index (Phi) is 6.57. The molecule has 1 atom stereocenters. The van der Waals surface area contributed by atoms with E-state index in [1.54, 1.807) is 24.3 Å². The summed E-state index contributed by atoms with van der Waals surface area (Å²) in [5.74, 6) is 1.71. The number of hydrogen-bond donors (Lipinski definition) is 2. The second-order valence-corrected chi connectivity index (χ2v) is 5.43. The smallest absolute Gasteiger partial charge is 0.251 e. The van der Waals surface area contributed by atoms with Gasteiger partial charge in [0.1, 0.15) is 5.75 Å². The monoisotopic (exact) mass is 352 g/mol. The van der Waals surface area contributed by atoms with Crippen LogP contribution in [0.3, 0.4) is 0 Å². The highest BCUT2D eigenvalue weighted by Crippen LogP contribution is 2.14. The molecule has 0 radical (unpaired) electrons. The van der Waals surface area contributed by atoms with Crippen molar-refractivity contribution in [1.82, 2.24) is 20.8 Å². The molecule has 0 saturated carbocycles. The average molecular weight is 353 g/mol. The van der Waals surface area contributed by atoms with Gasteiger partial charge < -0.3 is 19.9 Å². The summed E-state index contributed by atoms with van der Waals surface area (Å²) in [6, 6.07) is 7.25. The lowest BCUT2D eigenvalue weighted by molar-refractivity contribution is 0.0940. The summed E-state index contributed by atoms with van der Waals surface area (Å²) in [6.45, 7) is 3.97. The van der Waals surface area contributed by atoms with E-state index >= 15 is 0 Å². The van der Waals surface area contributed by atoms with Crippen molar-refractivity contribution in [2.24, 2.45) is 0 Å². The van der Waals surface area contributed by atoms with Crippen molar-refractivity contribution < 1.29 is 14.1 Å². The van der Waals surface area contributed by atoms with Crippen LogP contribution in [0, 0.1) is 0 Å². The number of carbonyl (C=O) groups excluding carboxylic acids is 1. The van der Waals surface area contributed by atoms with Crippen LogP contribution in [0.25, 0.3) is 0 Å². The Labute approximate surface area is 146 Å². The SMILES string of the molecule is CCc1nc(COc2ccc(C(=O)NC3CCNC3)cc2)no1.Cl. The third kappa shape index (κ3) is 4.69. The van der Waals surface area contributed by atoms with Crippen molar-refractivity contribution in [1.29, 1.82) is 0 Å². The van der Waals surface area contributed by atoms with Gasteiger partial charge in [-0.2, -0.15) is 4.98 Å². The molecule has 130 valence electrons. The number of aromatic nitrogens is 2. The van der Waals surface area contributed by atoms with Gasteiger partial charge in [-0.1, -0.05) is 12.1 Å². The zero-order chi connectivity index (χ0) is 16.1. The molecule has 8 heteroatoms. The van der Waals surface area contributed by atoms with Crippen LogP contribution >= 0.6 is 12.4 Å². The van der Waals surface area contributed by atoms with Gasteiger partial charge in [0.2, 0.25) is 11.7 Å². The fourth-order valence-electron chi connectivity index (χ4n) is 2.39. The highest BCUT2D eigenvalue weighted by Gasteiger charge is 2.17. The highest BCUT2D eigenvalue weighted by atomic mass is 35.5. The normalized spacial score (nSPS) is 16.5. The van der Waals surface area contributed by atoms with Gasteiger partial charge in [-0.05, 0) is 37.2 Å². The number of hydrogen-bond acceptors (Lipinski definition) is 6. The van der Waals surface area contributed by atoms with Crippen molar-refractivity contribution in [3.05, 3.63) is 41.5 Å². The predicted octanol–water partition coefficient (Wildman–Crippen LogP) is 1.72. The van der Waals surface area contributed by atoms with Crippen molar-refractivity contribution in [2.45, 2.75) is 32.4 Å². The highest BCUT2D eigenvalue weighted by molar-refractivity contribution is 5.94. The maximum Gasteiger partial charge on any atom is 0.251 e. The van der Waals surface area contributed by atoms with Crippen LogP contribution in [-0.4, -0.2) is 35.2 Å². The molecular weight excluding hydrogens is 332 g/mol. The van der Waals surface area contributed by atoms with Gasteiger partial charge in [0, 0.05) is 24.6 Å². The number of halogens is 1. The maximum atomic E-state index is 12.1. The minimum Gasteiger partial charge on any atom is -0.485 e. The molecule has 24 heavy (non-hydrogen) atoms. The molecule has 1 amide bonds. The van der Waals surface area contributed by atoms with E-state index in [1.165, 1.54) is 0 Å². The first kappa shape index (κ1) is 18.2. The molecule has 1 aromatic carbocycles. The zero-order valence-corrected chi connectivity index (χ0v) is 14.3. The van der Waals surface area contributed by atoms with Gasteiger partial charge in [-0.3, -0.25) is 4.79 Å². The van der Waals surface area contributed by atoms with Crippen molar-refractivity contribution in [2.75, 3.05) is 13.1 Å². The number of ether oxygens (including phenoxy) is 1. The van der Waals surface area contributed by atoms with Gasteiger partial charge >= 0.3 is 0 Å². The molecule has 1 aliphatic rings. The quantitative estimate of drug-likeness (QED) is 0.823. The first-order chi connectivity index (χ1) is 11.2. The number of nitrogens with one attached hydrogen (secondary N) is 2. The van der Waals surface area contributed by atoms with E-state index in [0.717, 1.165) is 19.5 Å².